The highest BCUT2D eigenvalue weighted by Crippen LogP contribution is 2.08. The highest BCUT2D eigenvalue weighted by atomic mass is 16.5. The summed E-state index contributed by atoms with van der Waals surface area (Å²) in [7, 11) is 0. The minimum Gasteiger partial charge on any atom is -0.391 e. The Morgan fingerprint density at radius 1 is 1.38 bits per heavy atom. The number of aliphatic hydroxyl groups excluding tert-OH is 3. The van der Waals surface area contributed by atoms with Gasteiger partial charge >= 0.3 is 0 Å². The molecule has 4 N–H and O–H groups in total. The van der Waals surface area contributed by atoms with Gasteiger partial charge in [-0.05, 0) is 19.9 Å². The fourth-order valence-corrected chi connectivity index (χ4v) is 1.27. The van der Waals surface area contributed by atoms with Crippen LogP contribution in [0.1, 0.15) is 13.3 Å². The molecule has 0 radical (unpaired) electrons. The Morgan fingerprint density at radius 2 is 2.08 bits per heavy atom. The van der Waals surface area contributed by atoms with Gasteiger partial charge in [-0.15, -0.1) is 0 Å². The third-order valence-electron chi connectivity index (χ3n) is 2.12. The molecule has 5 heteroatoms. The molecule has 1 aliphatic rings. The Kier molecular flexibility index (Phi) is 4.08. The molecule has 0 spiro atoms. The van der Waals surface area contributed by atoms with Crippen LogP contribution in [0, 0.1) is 0 Å². The Hall–Kier alpha value is -0.200. The van der Waals surface area contributed by atoms with E-state index in [0.29, 0.717) is 6.61 Å². The molecule has 0 aromatic rings. The largest absolute Gasteiger partial charge is 0.391 e. The van der Waals surface area contributed by atoms with E-state index in [1.165, 1.54) is 6.92 Å². The van der Waals surface area contributed by atoms with Gasteiger partial charge in [0.25, 0.3) is 0 Å². The third-order valence-corrected chi connectivity index (χ3v) is 2.12. The molecule has 1 fully saturated rings. The molecule has 13 heavy (non-hydrogen) atoms. The van der Waals surface area contributed by atoms with Gasteiger partial charge < -0.3 is 20.1 Å². The molecule has 4 atom stereocenters. The molecule has 1 rings (SSSR count). The van der Waals surface area contributed by atoms with E-state index in [-0.39, 0.29) is 0 Å². The van der Waals surface area contributed by atoms with E-state index in [1.54, 1.807) is 0 Å². The second kappa shape index (κ2) is 4.88. The minimum absolute atomic E-state index is 0.571. The van der Waals surface area contributed by atoms with Crippen molar-refractivity contribution < 1.29 is 20.1 Å². The zero-order valence-electron chi connectivity index (χ0n) is 7.68. The lowest BCUT2D eigenvalue weighted by atomic mass is 10.1. The topological polar surface area (TPSA) is 82.0 Å². The van der Waals surface area contributed by atoms with Crippen molar-refractivity contribution in [2.75, 3.05) is 13.2 Å². The molecule has 0 aliphatic carbocycles. The van der Waals surface area contributed by atoms with Crippen LogP contribution < -0.4 is 5.32 Å². The molecule has 1 aliphatic heterocycles. The number of ether oxygens (including phenoxy) is 1. The molecule has 5 nitrogen and oxygen atoms in total. The molecule has 0 amide bonds. The molecule has 1 saturated heterocycles. The standard InChI is InChI=1S/C8H17NO4/c1-5(10)6(11)7(12)8-9-3-2-4-13-8/h5-12H,2-4H2,1H3/t5-,6+,7-,8?/m1/s1. The summed E-state index contributed by atoms with van der Waals surface area (Å²) in [6.07, 6.45) is -2.88. The van der Waals surface area contributed by atoms with Gasteiger partial charge in [0.2, 0.25) is 0 Å². The lowest BCUT2D eigenvalue weighted by Gasteiger charge is -2.31. The van der Waals surface area contributed by atoms with Crippen LogP contribution in [0.3, 0.4) is 0 Å². The zero-order chi connectivity index (χ0) is 9.84. The molecule has 0 aromatic heterocycles. The predicted molar refractivity (Wildman–Crippen MR) is 46.1 cm³/mol. The minimum atomic E-state index is -1.17. The summed E-state index contributed by atoms with van der Waals surface area (Å²) < 4.78 is 5.18. The van der Waals surface area contributed by atoms with Crippen molar-refractivity contribution in [3.63, 3.8) is 0 Å². The quantitative estimate of drug-likeness (QED) is 0.433. The number of aliphatic hydroxyl groups is 3. The van der Waals surface area contributed by atoms with E-state index in [9.17, 15) is 10.2 Å². The fraction of sp³-hybridized carbons (Fsp3) is 1.00. The maximum absolute atomic E-state index is 9.52. The predicted octanol–water partition coefficient (Wildman–Crippen LogP) is -1.58. The van der Waals surface area contributed by atoms with E-state index >= 15 is 0 Å². The Balaban J connectivity index is 2.40. The van der Waals surface area contributed by atoms with Crippen molar-refractivity contribution in [1.29, 1.82) is 0 Å². The van der Waals surface area contributed by atoms with Crippen LogP contribution in [0.2, 0.25) is 0 Å². The van der Waals surface area contributed by atoms with Gasteiger partial charge in [0, 0.05) is 0 Å². The lowest BCUT2D eigenvalue weighted by Crippen LogP contribution is -2.53. The average Bonchev–Trinajstić information content (AvgIpc) is 2.17. The van der Waals surface area contributed by atoms with Crippen LogP contribution in [0.15, 0.2) is 0 Å². The maximum atomic E-state index is 9.52. The van der Waals surface area contributed by atoms with Gasteiger partial charge in [0.15, 0.2) is 0 Å². The van der Waals surface area contributed by atoms with Gasteiger partial charge in [0.1, 0.15) is 18.4 Å². The average molecular weight is 191 g/mol. The van der Waals surface area contributed by atoms with E-state index in [2.05, 4.69) is 5.32 Å². The van der Waals surface area contributed by atoms with Crippen LogP contribution in [-0.4, -0.2) is 53.0 Å². The van der Waals surface area contributed by atoms with Gasteiger partial charge in [-0.3, -0.25) is 5.32 Å². The second-order valence-electron chi connectivity index (χ2n) is 3.32. The molecular weight excluding hydrogens is 174 g/mol. The molecule has 1 heterocycles. The lowest BCUT2D eigenvalue weighted by molar-refractivity contribution is -0.139. The maximum Gasteiger partial charge on any atom is 0.136 e. The Morgan fingerprint density at radius 3 is 2.54 bits per heavy atom. The Bertz CT molecular complexity index is 147. The van der Waals surface area contributed by atoms with Crippen LogP contribution in [0.25, 0.3) is 0 Å². The smallest absolute Gasteiger partial charge is 0.136 e. The van der Waals surface area contributed by atoms with Crippen LogP contribution in [0.4, 0.5) is 0 Å². The summed E-state index contributed by atoms with van der Waals surface area (Å²) >= 11 is 0. The third kappa shape index (κ3) is 2.89. The molecule has 1 unspecified atom stereocenters. The van der Waals surface area contributed by atoms with Crippen LogP contribution in [-0.2, 0) is 4.74 Å². The van der Waals surface area contributed by atoms with E-state index in [4.69, 9.17) is 9.84 Å². The highest BCUT2D eigenvalue weighted by Gasteiger charge is 2.30. The monoisotopic (exact) mass is 191 g/mol. The first kappa shape index (κ1) is 10.9. The number of rotatable bonds is 3. The first-order valence-corrected chi connectivity index (χ1v) is 4.52. The van der Waals surface area contributed by atoms with E-state index < -0.39 is 24.5 Å². The molecule has 0 saturated carbocycles. The first-order valence-electron chi connectivity index (χ1n) is 4.52. The zero-order valence-corrected chi connectivity index (χ0v) is 7.68. The van der Waals surface area contributed by atoms with E-state index in [1.807, 2.05) is 0 Å². The van der Waals surface area contributed by atoms with Crippen molar-refractivity contribution in [3.8, 4) is 0 Å². The summed E-state index contributed by atoms with van der Waals surface area (Å²) in [4.78, 5) is 0. The van der Waals surface area contributed by atoms with Gasteiger partial charge in [-0.2, -0.15) is 0 Å². The van der Waals surface area contributed by atoms with Gasteiger partial charge in [0.05, 0.1) is 12.7 Å². The van der Waals surface area contributed by atoms with Crippen LogP contribution >= 0.6 is 0 Å². The summed E-state index contributed by atoms with van der Waals surface area (Å²) in [6, 6.07) is 0. The SMILES string of the molecule is C[C@@H](O)[C@H](O)[C@@H](O)C1NCCCO1. The molecular formula is C8H17NO4. The van der Waals surface area contributed by atoms with Gasteiger partial charge in [-0.25, -0.2) is 0 Å². The molecule has 0 bridgehead atoms. The van der Waals surface area contributed by atoms with Crippen molar-refractivity contribution in [3.05, 3.63) is 0 Å². The first-order chi connectivity index (χ1) is 6.13. The van der Waals surface area contributed by atoms with Gasteiger partial charge in [-0.1, -0.05) is 0 Å². The van der Waals surface area contributed by atoms with Crippen LogP contribution in [0.5, 0.6) is 0 Å². The normalized spacial score (nSPS) is 30.9. The van der Waals surface area contributed by atoms with Crippen molar-refractivity contribution in [1.82, 2.24) is 5.32 Å². The molecule has 0 aromatic carbocycles. The highest BCUT2D eigenvalue weighted by molar-refractivity contribution is 4.80. The fourth-order valence-electron chi connectivity index (χ4n) is 1.27. The number of hydrogen-bond acceptors (Lipinski definition) is 5. The summed E-state index contributed by atoms with van der Waals surface area (Å²) in [6.45, 7) is 2.76. The summed E-state index contributed by atoms with van der Waals surface area (Å²) in [5, 5.41) is 30.8. The van der Waals surface area contributed by atoms with Crippen molar-refractivity contribution >= 4 is 0 Å². The number of nitrogens with one attached hydrogen (secondary N) is 1. The second-order valence-corrected chi connectivity index (χ2v) is 3.32. The summed E-state index contributed by atoms with van der Waals surface area (Å²) in [5.41, 5.74) is 0. The van der Waals surface area contributed by atoms with Crippen molar-refractivity contribution in [2.45, 2.75) is 37.9 Å². The van der Waals surface area contributed by atoms with E-state index in [0.717, 1.165) is 13.0 Å². The Labute approximate surface area is 77.3 Å². The summed E-state index contributed by atoms with van der Waals surface area (Å²) in [5.74, 6) is 0. The van der Waals surface area contributed by atoms with Crippen molar-refractivity contribution in [2.24, 2.45) is 0 Å². The molecule has 78 valence electrons. The number of hydrogen-bond donors (Lipinski definition) is 4.